The quantitative estimate of drug-likeness (QED) is 0.0902. The Kier molecular flexibility index (Phi) is 10.7. The number of nitrogens with one attached hydrogen (secondary N) is 1. The van der Waals surface area contributed by atoms with E-state index in [9.17, 15) is 14.4 Å². The highest BCUT2D eigenvalue weighted by Crippen LogP contribution is 2.45. The summed E-state index contributed by atoms with van der Waals surface area (Å²) in [7, 11) is 0. The van der Waals surface area contributed by atoms with Gasteiger partial charge in [0.15, 0.2) is 23.2 Å². The number of ether oxygens (including phenoxy) is 5. The molecule has 1 aliphatic heterocycles. The second-order valence-corrected chi connectivity index (χ2v) is 12.9. The number of terminal acetylenes is 1. The van der Waals surface area contributed by atoms with E-state index >= 15 is 0 Å². The van der Waals surface area contributed by atoms with Crippen molar-refractivity contribution in [2.24, 2.45) is 0 Å². The van der Waals surface area contributed by atoms with Crippen LogP contribution in [0.25, 0.3) is 11.2 Å². The number of fused-ring (bicyclic) bond motifs is 1. The average molecular weight is 717 g/mol. The Hall–Kier alpha value is -4.14. The zero-order valence-corrected chi connectivity index (χ0v) is 29.1. The summed E-state index contributed by atoms with van der Waals surface area (Å²) in [6.07, 6.45) is 3.58. The summed E-state index contributed by atoms with van der Waals surface area (Å²) >= 11 is 9.03. The fraction of sp³-hybridized carbons (Fsp3) is 0.452. The highest BCUT2D eigenvalue weighted by molar-refractivity contribution is 7.08. The molecule has 48 heavy (non-hydrogen) atoms. The summed E-state index contributed by atoms with van der Waals surface area (Å²) in [6.45, 7) is 7.49. The van der Waals surface area contributed by atoms with Crippen LogP contribution in [0.3, 0.4) is 0 Å². The molecule has 1 unspecified atom stereocenters. The minimum atomic E-state index is -2.04. The summed E-state index contributed by atoms with van der Waals surface area (Å²) in [4.78, 5) is 56.5. The van der Waals surface area contributed by atoms with Crippen LogP contribution >= 0.6 is 34.3 Å². The first-order valence-corrected chi connectivity index (χ1v) is 17.1. The molecule has 4 aromatic heterocycles. The Labute approximate surface area is 289 Å². The summed E-state index contributed by atoms with van der Waals surface area (Å²) in [5.74, 6) is 0.672. The number of imidazole rings is 1. The first-order chi connectivity index (χ1) is 22.9. The molecule has 0 aliphatic carbocycles. The fourth-order valence-corrected chi connectivity index (χ4v) is 6.91. The number of thiazole rings is 1. The number of hydrogen-bond acceptors (Lipinski definition) is 15. The number of anilines is 1. The summed E-state index contributed by atoms with van der Waals surface area (Å²) in [5.41, 5.74) is -0.554. The van der Waals surface area contributed by atoms with E-state index in [1.54, 1.807) is 17.8 Å². The number of halogens is 1. The van der Waals surface area contributed by atoms with E-state index in [0.717, 1.165) is 12.5 Å². The van der Waals surface area contributed by atoms with Crippen molar-refractivity contribution in [3.05, 3.63) is 50.6 Å². The third kappa shape index (κ3) is 6.87. The van der Waals surface area contributed by atoms with Crippen molar-refractivity contribution in [2.75, 3.05) is 18.5 Å². The standard InChI is InChI=1S/C31H33ClN6O8S2/c1-7-30(46-19(6)40)22(12-43-31(28(41)42-8-2,21-14-48-16-34-21)11-20-9-10-47-13-20)45-27(24(30)44-18(5)39)38-15-33-23-25(35-17(3)4)36-29(32)37-26(23)38/h1,9-10,13-17,22,24,27H,8,11-12H2,2-6H3,(H,35,36,37)/t22-,24+,27-,30-,31?/m1/s1. The molecule has 0 radical (unpaired) electrons. The van der Waals surface area contributed by atoms with Crippen molar-refractivity contribution in [2.45, 2.75) is 76.7 Å². The molecule has 0 aromatic carbocycles. The first kappa shape index (κ1) is 35.2. The second-order valence-electron chi connectivity index (χ2n) is 11.1. The van der Waals surface area contributed by atoms with Crippen LogP contribution in [0.1, 0.15) is 52.1 Å². The molecule has 254 valence electrons. The Morgan fingerprint density at radius 2 is 2.00 bits per heavy atom. The number of aromatic nitrogens is 5. The topological polar surface area (TPSA) is 166 Å². The zero-order valence-electron chi connectivity index (χ0n) is 26.7. The van der Waals surface area contributed by atoms with Crippen molar-refractivity contribution in [1.82, 2.24) is 24.5 Å². The Morgan fingerprint density at radius 3 is 2.60 bits per heavy atom. The van der Waals surface area contributed by atoms with Gasteiger partial charge in [0, 0.05) is 31.7 Å². The molecular weight excluding hydrogens is 684 g/mol. The second kappa shape index (κ2) is 14.5. The SMILES string of the molecule is C#C[C@@]1(OC(C)=O)[C@@H](COC(Cc2ccsc2)(C(=O)OCC)c2cscn2)O[C@@H](n2cnc3c(NC(C)C)nc(Cl)nc32)[C@@H]1OC(C)=O. The molecule has 0 amide bonds. The van der Waals surface area contributed by atoms with Gasteiger partial charge in [0.2, 0.25) is 22.6 Å². The maximum absolute atomic E-state index is 13.8. The third-order valence-electron chi connectivity index (χ3n) is 7.35. The number of rotatable bonds is 13. The van der Waals surface area contributed by atoms with E-state index in [0.29, 0.717) is 17.0 Å². The van der Waals surface area contributed by atoms with Gasteiger partial charge < -0.3 is 29.0 Å². The lowest BCUT2D eigenvalue weighted by molar-refractivity contribution is -0.190. The number of thiophene rings is 1. The van der Waals surface area contributed by atoms with Crippen LogP contribution in [0, 0.1) is 12.3 Å². The Bertz CT molecular complexity index is 1810. The normalized spacial score (nSPS) is 21.8. The van der Waals surface area contributed by atoms with Crippen molar-refractivity contribution in [3.8, 4) is 12.3 Å². The molecule has 1 fully saturated rings. The lowest BCUT2D eigenvalue weighted by Crippen LogP contribution is -2.54. The van der Waals surface area contributed by atoms with Crippen LogP contribution in [0.4, 0.5) is 5.82 Å². The highest BCUT2D eigenvalue weighted by Gasteiger charge is 2.63. The zero-order chi connectivity index (χ0) is 34.6. The Balaban J connectivity index is 1.62. The van der Waals surface area contributed by atoms with Gasteiger partial charge in [0.05, 0.1) is 30.7 Å². The molecule has 5 heterocycles. The smallest absolute Gasteiger partial charge is 0.345 e. The van der Waals surface area contributed by atoms with Gasteiger partial charge >= 0.3 is 17.9 Å². The number of carbonyl (C=O) groups excluding carboxylic acids is 3. The number of nitrogens with zero attached hydrogens (tertiary/aromatic N) is 5. The molecule has 5 rings (SSSR count). The van der Waals surface area contributed by atoms with Crippen molar-refractivity contribution in [1.29, 1.82) is 0 Å². The van der Waals surface area contributed by atoms with Gasteiger partial charge in [-0.3, -0.25) is 14.2 Å². The number of hydrogen-bond donors (Lipinski definition) is 1. The predicted octanol–water partition coefficient (Wildman–Crippen LogP) is 4.30. The van der Waals surface area contributed by atoms with Crippen molar-refractivity contribution >= 4 is 69.2 Å². The number of esters is 3. The first-order valence-electron chi connectivity index (χ1n) is 14.8. The molecule has 4 aromatic rings. The van der Waals surface area contributed by atoms with Crippen LogP contribution in [-0.4, -0.2) is 79.5 Å². The van der Waals surface area contributed by atoms with Crippen LogP contribution < -0.4 is 5.32 Å². The van der Waals surface area contributed by atoms with Gasteiger partial charge in [-0.25, -0.2) is 14.8 Å². The molecule has 14 nitrogen and oxygen atoms in total. The maximum atomic E-state index is 13.8. The lowest BCUT2D eigenvalue weighted by atomic mass is 9.90. The maximum Gasteiger partial charge on any atom is 0.345 e. The molecule has 17 heteroatoms. The van der Waals surface area contributed by atoms with Crippen molar-refractivity contribution in [3.63, 3.8) is 0 Å². The molecule has 0 saturated carbocycles. The largest absolute Gasteiger partial charge is 0.464 e. The van der Waals surface area contributed by atoms with E-state index in [1.807, 2.05) is 30.7 Å². The minimum Gasteiger partial charge on any atom is -0.464 e. The third-order valence-corrected chi connectivity index (χ3v) is 8.84. The van der Waals surface area contributed by atoms with E-state index in [2.05, 4.69) is 31.2 Å². The Morgan fingerprint density at radius 1 is 1.21 bits per heavy atom. The van der Waals surface area contributed by atoms with Gasteiger partial charge in [-0.2, -0.15) is 21.3 Å². The molecule has 0 bridgehead atoms. The van der Waals surface area contributed by atoms with Crippen LogP contribution in [0.15, 0.2) is 34.0 Å². The monoisotopic (exact) mass is 716 g/mol. The molecule has 1 aliphatic rings. The van der Waals surface area contributed by atoms with Gasteiger partial charge in [-0.15, -0.1) is 17.8 Å². The fourth-order valence-electron chi connectivity index (χ4n) is 5.46. The summed E-state index contributed by atoms with van der Waals surface area (Å²) < 4.78 is 31.5. The van der Waals surface area contributed by atoms with E-state index in [1.165, 1.54) is 40.5 Å². The molecule has 1 saturated heterocycles. The van der Waals surface area contributed by atoms with E-state index in [4.69, 9.17) is 41.7 Å². The lowest BCUT2D eigenvalue weighted by Gasteiger charge is -2.35. The van der Waals surface area contributed by atoms with Crippen LogP contribution in [0.2, 0.25) is 5.28 Å². The summed E-state index contributed by atoms with van der Waals surface area (Å²) in [5, 5.41) is 8.53. The average Bonchev–Trinajstić information content (AvgIpc) is 3.83. The van der Waals surface area contributed by atoms with Crippen molar-refractivity contribution < 1.29 is 38.1 Å². The van der Waals surface area contributed by atoms with E-state index in [-0.39, 0.29) is 30.0 Å². The summed E-state index contributed by atoms with van der Waals surface area (Å²) in [6, 6.07) is 1.84. The minimum absolute atomic E-state index is 0.0214. The predicted molar refractivity (Wildman–Crippen MR) is 176 cm³/mol. The van der Waals surface area contributed by atoms with Gasteiger partial charge in [-0.05, 0) is 54.8 Å². The highest BCUT2D eigenvalue weighted by atomic mass is 35.5. The molecule has 1 N–H and O–H groups in total. The van der Waals surface area contributed by atoms with E-state index < -0.39 is 54.2 Å². The van der Waals surface area contributed by atoms with Crippen LogP contribution in [-0.2, 0) is 50.1 Å². The van der Waals surface area contributed by atoms with Gasteiger partial charge in [-0.1, -0.05) is 5.92 Å². The van der Waals surface area contributed by atoms with Gasteiger partial charge in [0.1, 0.15) is 6.10 Å². The molecular formula is C31H33ClN6O8S2. The number of carbonyl (C=O) groups is 3. The van der Waals surface area contributed by atoms with Crippen LogP contribution in [0.5, 0.6) is 0 Å². The molecule has 5 atom stereocenters. The van der Waals surface area contributed by atoms with Gasteiger partial charge in [0.25, 0.3) is 0 Å². The molecule has 0 spiro atoms.